The van der Waals surface area contributed by atoms with Crippen molar-refractivity contribution in [1.82, 2.24) is 15.5 Å². The molecule has 1 aromatic rings. The molecule has 0 radical (unpaired) electrons. The molecule has 0 aliphatic carbocycles. The monoisotopic (exact) mass is 187 g/mol. The van der Waals surface area contributed by atoms with Crippen LogP contribution < -0.4 is 5.32 Å². The van der Waals surface area contributed by atoms with E-state index >= 15 is 0 Å². The average Bonchev–Trinajstić information content (AvgIpc) is 2.63. The predicted molar refractivity (Wildman–Crippen MR) is 44.0 cm³/mol. The second-order valence-corrected chi connectivity index (χ2v) is 3.34. The molecule has 1 saturated heterocycles. The summed E-state index contributed by atoms with van der Waals surface area (Å²) in [7, 11) is 0. The largest absolute Gasteiger partial charge is 0.412 e. The molecule has 1 unspecified atom stereocenters. The molecule has 5 heteroatoms. The molecule has 2 rings (SSSR count). The Kier molecular flexibility index (Phi) is 2.28. The van der Waals surface area contributed by atoms with Crippen molar-refractivity contribution in [1.29, 1.82) is 0 Å². The Morgan fingerprint density at radius 2 is 2.50 bits per heavy atom. The van der Waals surface area contributed by atoms with Crippen LogP contribution in [0.15, 0.2) is 4.42 Å². The van der Waals surface area contributed by atoms with E-state index in [2.05, 4.69) is 15.5 Å². The molecule has 2 heterocycles. The van der Waals surface area contributed by atoms with Crippen molar-refractivity contribution in [3.63, 3.8) is 0 Å². The van der Waals surface area contributed by atoms with Gasteiger partial charge in [-0.3, -0.25) is 0 Å². The number of halogens is 1. The van der Waals surface area contributed by atoms with Crippen molar-refractivity contribution < 1.29 is 4.42 Å². The molecule has 1 aliphatic rings. The summed E-state index contributed by atoms with van der Waals surface area (Å²) in [6, 6.07) is 0. The maximum atomic E-state index is 5.49. The normalized spacial score (nSPS) is 23.2. The van der Waals surface area contributed by atoms with Gasteiger partial charge in [0.15, 0.2) is 0 Å². The minimum atomic E-state index is 0.135. The van der Waals surface area contributed by atoms with E-state index in [9.17, 15) is 0 Å². The zero-order chi connectivity index (χ0) is 8.39. The summed E-state index contributed by atoms with van der Waals surface area (Å²) < 4.78 is 5.06. The van der Waals surface area contributed by atoms with Crippen molar-refractivity contribution in [2.75, 3.05) is 13.1 Å². The lowest BCUT2D eigenvalue weighted by molar-refractivity contribution is 0.443. The van der Waals surface area contributed by atoms with Crippen LogP contribution in [-0.2, 0) is 6.42 Å². The van der Waals surface area contributed by atoms with E-state index in [4.69, 9.17) is 16.0 Å². The maximum Gasteiger partial charge on any atom is 0.312 e. The van der Waals surface area contributed by atoms with E-state index in [1.807, 2.05) is 0 Å². The van der Waals surface area contributed by atoms with Crippen LogP contribution in [0.1, 0.15) is 12.3 Å². The molecule has 0 bridgehead atoms. The molecular weight excluding hydrogens is 178 g/mol. The number of hydrogen-bond acceptors (Lipinski definition) is 4. The molecule has 1 N–H and O–H groups in total. The second-order valence-electron chi connectivity index (χ2n) is 3.01. The van der Waals surface area contributed by atoms with E-state index in [0.717, 1.165) is 19.5 Å². The van der Waals surface area contributed by atoms with Gasteiger partial charge in [0, 0.05) is 6.42 Å². The van der Waals surface area contributed by atoms with Crippen LogP contribution in [0.4, 0.5) is 0 Å². The van der Waals surface area contributed by atoms with E-state index in [1.165, 1.54) is 6.42 Å². The van der Waals surface area contributed by atoms with Crippen LogP contribution in [0, 0.1) is 5.92 Å². The quantitative estimate of drug-likeness (QED) is 0.747. The third kappa shape index (κ3) is 1.76. The van der Waals surface area contributed by atoms with E-state index in [1.54, 1.807) is 0 Å². The Hall–Kier alpha value is -0.610. The van der Waals surface area contributed by atoms with Gasteiger partial charge in [0.05, 0.1) is 0 Å². The van der Waals surface area contributed by atoms with Gasteiger partial charge < -0.3 is 9.73 Å². The molecule has 0 aromatic carbocycles. The molecular formula is C7H10ClN3O. The van der Waals surface area contributed by atoms with Crippen molar-refractivity contribution >= 4 is 11.6 Å². The highest BCUT2D eigenvalue weighted by Gasteiger charge is 2.17. The van der Waals surface area contributed by atoms with Crippen LogP contribution in [0.5, 0.6) is 0 Å². The molecule has 1 aromatic heterocycles. The summed E-state index contributed by atoms with van der Waals surface area (Å²) in [4.78, 5) is 0. The van der Waals surface area contributed by atoms with Crippen molar-refractivity contribution in [2.24, 2.45) is 5.92 Å². The zero-order valence-electron chi connectivity index (χ0n) is 6.59. The van der Waals surface area contributed by atoms with Crippen LogP contribution in [-0.4, -0.2) is 23.3 Å². The first kappa shape index (κ1) is 8.01. The van der Waals surface area contributed by atoms with Gasteiger partial charge in [-0.1, -0.05) is 5.10 Å². The fourth-order valence-corrected chi connectivity index (χ4v) is 1.58. The summed E-state index contributed by atoms with van der Waals surface area (Å²) in [5.74, 6) is 1.27. The molecule has 0 spiro atoms. The number of nitrogens with zero attached hydrogens (tertiary/aromatic N) is 2. The summed E-state index contributed by atoms with van der Waals surface area (Å²) in [6.45, 7) is 2.13. The summed E-state index contributed by atoms with van der Waals surface area (Å²) in [6.07, 6.45) is 2.02. The number of hydrogen-bond donors (Lipinski definition) is 1. The SMILES string of the molecule is Clc1nnc(CC2CCNC2)o1. The van der Waals surface area contributed by atoms with E-state index in [-0.39, 0.29) is 5.35 Å². The van der Waals surface area contributed by atoms with Gasteiger partial charge in [-0.05, 0) is 37.0 Å². The molecule has 0 saturated carbocycles. The molecule has 1 fully saturated rings. The second kappa shape index (κ2) is 3.41. The molecule has 12 heavy (non-hydrogen) atoms. The smallest absolute Gasteiger partial charge is 0.312 e. The topological polar surface area (TPSA) is 51.0 Å². The zero-order valence-corrected chi connectivity index (χ0v) is 7.34. The minimum Gasteiger partial charge on any atom is -0.412 e. The Bertz CT molecular complexity index is 257. The molecule has 1 aliphatic heterocycles. The highest BCUT2D eigenvalue weighted by molar-refractivity contribution is 6.27. The van der Waals surface area contributed by atoms with Crippen molar-refractivity contribution in [3.05, 3.63) is 11.2 Å². The Morgan fingerprint density at radius 1 is 1.58 bits per heavy atom. The van der Waals surface area contributed by atoms with Gasteiger partial charge in [0.25, 0.3) is 0 Å². The van der Waals surface area contributed by atoms with E-state index < -0.39 is 0 Å². The van der Waals surface area contributed by atoms with Gasteiger partial charge >= 0.3 is 5.35 Å². The molecule has 1 atom stereocenters. The summed E-state index contributed by atoms with van der Waals surface area (Å²) >= 11 is 5.49. The van der Waals surface area contributed by atoms with Gasteiger partial charge in [-0.25, -0.2) is 0 Å². The van der Waals surface area contributed by atoms with Crippen LogP contribution in [0.25, 0.3) is 0 Å². The fraction of sp³-hybridized carbons (Fsp3) is 0.714. The average molecular weight is 188 g/mol. The van der Waals surface area contributed by atoms with Crippen molar-refractivity contribution in [3.8, 4) is 0 Å². The lowest BCUT2D eigenvalue weighted by Gasteiger charge is -2.01. The van der Waals surface area contributed by atoms with Crippen molar-refractivity contribution in [2.45, 2.75) is 12.8 Å². The minimum absolute atomic E-state index is 0.135. The molecule has 0 amide bonds. The fourth-order valence-electron chi connectivity index (χ4n) is 1.45. The first-order valence-electron chi connectivity index (χ1n) is 4.03. The Morgan fingerprint density at radius 3 is 3.08 bits per heavy atom. The third-order valence-electron chi connectivity index (χ3n) is 2.07. The number of nitrogens with one attached hydrogen (secondary N) is 1. The molecule has 66 valence electrons. The van der Waals surface area contributed by atoms with Gasteiger partial charge in [0.1, 0.15) is 0 Å². The van der Waals surface area contributed by atoms with E-state index in [0.29, 0.717) is 11.8 Å². The van der Waals surface area contributed by atoms with Gasteiger partial charge in [-0.15, -0.1) is 5.10 Å². The number of aromatic nitrogens is 2. The van der Waals surface area contributed by atoms with Crippen LogP contribution in [0.3, 0.4) is 0 Å². The Balaban J connectivity index is 1.94. The predicted octanol–water partition coefficient (Wildman–Crippen LogP) is 0.875. The first-order valence-corrected chi connectivity index (χ1v) is 4.41. The maximum absolute atomic E-state index is 5.49. The molecule has 4 nitrogen and oxygen atoms in total. The lowest BCUT2D eigenvalue weighted by Crippen LogP contribution is -2.10. The highest BCUT2D eigenvalue weighted by Crippen LogP contribution is 2.15. The first-order chi connectivity index (χ1) is 5.84. The van der Waals surface area contributed by atoms with Crippen LogP contribution in [0.2, 0.25) is 5.35 Å². The summed E-state index contributed by atoms with van der Waals surface area (Å²) in [5.41, 5.74) is 0. The lowest BCUT2D eigenvalue weighted by atomic mass is 10.1. The van der Waals surface area contributed by atoms with Gasteiger partial charge in [0.2, 0.25) is 5.89 Å². The third-order valence-corrected chi connectivity index (χ3v) is 2.22. The highest BCUT2D eigenvalue weighted by atomic mass is 35.5. The van der Waals surface area contributed by atoms with Crippen LogP contribution >= 0.6 is 11.6 Å². The Labute approximate surface area is 75.3 Å². The summed E-state index contributed by atoms with van der Waals surface area (Å²) in [5, 5.41) is 10.8. The number of rotatable bonds is 2. The standard InChI is InChI=1S/C7H10ClN3O/c8-7-11-10-6(12-7)3-5-1-2-9-4-5/h5,9H,1-4H2. The van der Waals surface area contributed by atoms with Gasteiger partial charge in [-0.2, -0.15) is 0 Å².